The number of allylic oxidation sites excluding steroid dienone is 16. The molecule has 0 aromatic rings. The molecule has 1 unspecified atom stereocenters. The molecule has 0 fully saturated rings. The number of hydrogen-bond donors (Lipinski definition) is 0. The number of esters is 3. The lowest BCUT2D eigenvalue weighted by Crippen LogP contribution is -2.30. The molecule has 0 saturated heterocycles. The van der Waals surface area contributed by atoms with Gasteiger partial charge >= 0.3 is 17.9 Å². The van der Waals surface area contributed by atoms with Gasteiger partial charge < -0.3 is 14.2 Å². The van der Waals surface area contributed by atoms with Gasteiger partial charge in [-0.25, -0.2) is 0 Å². The van der Waals surface area contributed by atoms with Crippen molar-refractivity contribution in [2.75, 3.05) is 13.2 Å². The summed E-state index contributed by atoms with van der Waals surface area (Å²) >= 11 is 0. The number of rotatable bonds is 59. The van der Waals surface area contributed by atoms with E-state index in [2.05, 4.69) is 118 Å². The van der Waals surface area contributed by atoms with Crippen molar-refractivity contribution in [3.05, 3.63) is 97.2 Å². The first-order valence-corrected chi connectivity index (χ1v) is 32.7. The molecule has 0 N–H and O–H groups in total. The number of carbonyl (C=O) groups excluding carboxylic acids is 3. The van der Waals surface area contributed by atoms with E-state index in [9.17, 15) is 14.4 Å². The maximum absolute atomic E-state index is 12.9. The molecule has 0 saturated carbocycles. The van der Waals surface area contributed by atoms with Crippen LogP contribution in [0.1, 0.15) is 316 Å². The van der Waals surface area contributed by atoms with Gasteiger partial charge in [0.15, 0.2) is 6.10 Å². The Balaban J connectivity index is 4.24. The van der Waals surface area contributed by atoms with Crippen LogP contribution < -0.4 is 0 Å². The van der Waals surface area contributed by atoms with Crippen LogP contribution in [0.15, 0.2) is 97.2 Å². The second-order valence-electron chi connectivity index (χ2n) is 21.6. The van der Waals surface area contributed by atoms with Crippen molar-refractivity contribution >= 4 is 17.9 Å². The number of ether oxygens (including phenoxy) is 3. The van der Waals surface area contributed by atoms with E-state index < -0.39 is 6.10 Å². The molecular formula is C71H122O6. The zero-order valence-electron chi connectivity index (χ0n) is 50.7. The van der Waals surface area contributed by atoms with Crippen LogP contribution in [0.5, 0.6) is 0 Å². The summed E-state index contributed by atoms with van der Waals surface area (Å²) in [5.74, 6) is -0.883. The van der Waals surface area contributed by atoms with Crippen LogP contribution in [0.2, 0.25) is 0 Å². The van der Waals surface area contributed by atoms with Gasteiger partial charge in [0.2, 0.25) is 0 Å². The van der Waals surface area contributed by atoms with Crippen LogP contribution in [0.3, 0.4) is 0 Å². The Morgan fingerprint density at radius 1 is 0.273 bits per heavy atom. The highest BCUT2D eigenvalue weighted by molar-refractivity contribution is 5.71. The fourth-order valence-corrected chi connectivity index (χ4v) is 9.18. The lowest BCUT2D eigenvalue weighted by atomic mass is 10.0. The molecule has 0 heterocycles. The third kappa shape index (κ3) is 63.0. The molecule has 6 nitrogen and oxygen atoms in total. The molecule has 0 aromatic heterocycles. The van der Waals surface area contributed by atoms with Crippen LogP contribution in [0.25, 0.3) is 0 Å². The first-order chi connectivity index (χ1) is 38.0. The normalized spacial score (nSPS) is 12.7. The molecule has 0 rings (SSSR count). The minimum Gasteiger partial charge on any atom is -0.462 e. The minimum atomic E-state index is -0.784. The summed E-state index contributed by atoms with van der Waals surface area (Å²) in [6.45, 7) is 6.51. The highest BCUT2D eigenvalue weighted by Gasteiger charge is 2.19. The molecule has 442 valence electrons. The molecule has 0 amide bonds. The Hall–Kier alpha value is -3.67. The average molecular weight is 1070 g/mol. The van der Waals surface area contributed by atoms with Crippen molar-refractivity contribution < 1.29 is 28.6 Å². The Bertz CT molecular complexity index is 1510. The standard InChI is InChI=1S/C71H122O6/c1-4-7-10-13-16-19-22-24-26-28-30-31-32-33-34-35-36-37-38-39-41-42-44-46-49-52-55-58-61-64-70(73)76-67-68(66-75-69(72)63-60-57-54-51-48-21-18-15-12-9-6-3)77-71(74)65-62-59-56-53-50-47-45-43-40-29-27-25-23-20-17-14-11-8-5-2/h7,10,16-17,19-20,24-27,30-31,33-34,40,43,68H,4-6,8-9,11-15,18,21-23,28-29,32,35-39,41-42,44-67H2,1-3H3/b10-7-,19-16-,20-17-,26-24-,27-25-,31-30-,34-33-,43-40-. The summed E-state index contributed by atoms with van der Waals surface area (Å²) in [7, 11) is 0. The number of hydrogen-bond acceptors (Lipinski definition) is 6. The summed E-state index contributed by atoms with van der Waals surface area (Å²) in [4.78, 5) is 38.3. The maximum Gasteiger partial charge on any atom is 0.306 e. The Labute approximate surface area is 477 Å². The lowest BCUT2D eigenvalue weighted by Gasteiger charge is -2.18. The third-order valence-corrected chi connectivity index (χ3v) is 14.1. The van der Waals surface area contributed by atoms with Crippen molar-refractivity contribution in [3.63, 3.8) is 0 Å². The second kappa shape index (κ2) is 64.9. The van der Waals surface area contributed by atoms with Crippen LogP contribution in [-0.2, 0) is 28.6 Å². The van der Waals surface area contributed by atoms with Crippen LogP contribution in [0, 0.1) is 0 Å². The molecule has 0 aliphatic heterocycles. The highest BCUT2D eigenvalue weighted by Crippen LogP contribution is 2.16. The number of carbonyl (C=O) groups is 3. The van der Waals surface area contributed by atoms with E-state index in [0.29, 0.717) is 19.3 Å². The van der Waals surface area contributed by atoms with Crippen LogP contribution in [0.4, 0.5) is 0 Å². The minimum absolute atomic E-state index is 0.0798. The monoisotopic (exact) mass is 1070 g/mol. The van der Waals surface area contributed by atoms with Crippen molar-refractivity contribution in [2.45, 2.75) is 322 Å². The first kappa shape index (κ1) is 73.3. The third-order valence-electron chi connectivity index (χ3n) is 14.1. The van der Waals surface area contributed by atoms with Crippen LogP contribution in [-0.4, -0.2) is 37.2 Å². The van der Waals surface area contributed by atoms with E-state index in [1.807, 2.05) is 0 Å². The summed E-state index contributed by atoms with van der Waals surface area (Å²) in [6.07, 6.45) is 87.0. The second-order valence-corrected chi connectivity index (χ2v) is 21.6. The number of unbranched alkanes of at least 4 members (excludes halogenated alkanes) is 32. The molecule has 0 aliphatic rings. The highest BCUT2D eigenvalue weighted by atomic mass is 16.6. The molecular weight excluding hydrogens is 949 g/mol. The van der Waals surface area contributed by atoms with E-state index in [4.69, 9.17) is 14.2 Å². The molecule has 77 heavy (non-hydrogen) atoms. The van der Waals surface area contributed by atoms with E-state index in [1.165, 1.54) is 161 Å². The van der Waals surface area contributed by atoms with Gasteiger partial charge in [0, 0.05) is 19.3 Å². The average Bonchev–Trinajstić information content (AvgIpc) is 3.43. The SMILES string of the molecule is CC/C=C\C/C=C\C/C=C\C/C=C\C/C=C\CCCCCCCCCCCCCCCC(=O)OCC(COC(=O)CCCCCCCCCCCCC)OC(=O)CCCCCCCC/C=C\C/C=C\C/C=C\CCCCC. The van der Waals surface area contributed by atoms with E-state index >= 15 is 0 Å². The molecule has 0 radical (unpaired) electrons. The van der Waals surface area contributed by atoms with Gasteiger partial charge in [-0.05, 0) is 103 Å². The van der Waals surface area contributed by atoms with Crippen LogP contribution >= 0.6 is 0 Å². The molecule has 0 aliphatic carbocycles. The summed E-state index contributed by atoms with van der Waals surface area (Å²) < 4.78 is 16.9. The fraction of sp³-hybridized carbons (Fsp3) is 0.732. The smallest absolute Gasteiger partial charge is 0.306 e. The predicted octanol–water partition coefficient (Wildman–Crippen LogP) is 22.4. The van der Waals surface area contributed by atoms with E-state index in [1.54, 1.807) is 0 Å². The maximum atomic E-state index is 12.9. The van der Waals surface area contributed by atoms with Crippen molar-refractivity contribution in [2.24, 2.45) is 0 Å². The Morgan fingerprint density at radius 3 is 0.818 bits per heavy atom. The van der Waals surface area contributed by atoms with Crippen molar-refractivity contribution in [3.8, 4) is 0 Å². The summed E-state index contributed by atoms with van der Waals surface area (Å²) in [5.41, 5.74) is 0. The van der Waals surface area contributed by atoms with E-state index in [-0.39, 0.29) is 31.1 Å². The molecule has 0 aromatic carbocycles. The lowest BCUT2D eigenvalue weighted by molar-refractivity contribution is -0.167. The van der Waals surface area contributed by atoms with Gasteiger partial charge in [0.05, 0.1) is 0 Å². The predicted molar refractivity (Wildman–Crippen MR) is 334 cm³/mol. The Kier molecular flexibility index (Phi) is 61.8. The van der Waals surface area contributed by atoms with Gasteiger partial charge in [-0.3, -0.25) is 14.4 Å². The van der Waals surface area contributed by atoms with Gasteiger partial charge in [0.1, 0.15) is 13.2 Å². The van der Waals surface area contributed by atoms with Gasteiger partial charge in [-0.15, -0.1) is 0 Å². The van der Waals surface area contributed by atoms with E-state index in [0.717, 1.165) is 116 Å². The quantitative estimate of drug-likeness (QED) is 0.0261. The molecule has 0 spiro atoms. The molecule has 0 bridgehead atoms. The summed E-state index contributed by atoms with van der Waals surface area (Å²) in [5, 5.41) is 0. The van der Waals surface area contributed by atoms with Gasteiger partial charge in [-0.1, -0.05) is 291 Å². The topological polar surface area (TPSA) is 78.9 Å². The molecule has 1 atom stereocenters. The van der Waals surface area contributed by atoms with Crippen molar-refractivity contribution in [1.82, 2.24) is 0 Å². The zero-order valence-corrected chi connectivity index (χ0v) is 50.7. The largest absolute Gasteiger partial charge is 0.462 e. The fourth-order valence-electron chi connectivity index (χ4n) is 9.18. The van der Waals surface area contributed by atoms with Gasteiger partial charge in [-0.2, -0.15) is 0 Å². The first-order valence-electron chi connectivity index (χ1n) is 32.7. The van der Waals surface area contributed by atoms with Crippen molar-refractivity contribution in [1.29, 1.82) is 0 Å². The summed E-state index contributed by atoms with van der Waals surface area (Å²) in [6, 6.07) is 0. The van der Waals surface area contributed by atoms with Gasteiger partial charge in [0.25, 0.3) is 0 Å². The Morgan fingerprint density at radius 2 is 0.506 bits per heavy atom. The molecule has 6 heteroatoms. The zero-order chi connectivity index (χ0) is 55.7.